The third kappa shape index (κ3) is 4.79. The third-order valence-electron chi connectivity index (χ3n) is 4.73. The number of benzene rings is 2. The summed E-state index contributed by atoms with van der Waals surface area (Å²) < 4.78 is 2.11. The van der Waals surface area contributed by atoms with E-state index in [4.69, 9.17) is 0 Å². The molecule has 0 aliphatic carbocycles. The lowest BCUT2D eigenvalue weighted by molar-refractivity contribution is -0.113. The van der Waals surface area contributed by atoms with Gasteiger partial charge in [0.2, 0.25) is 5.91 Å². The monoisotopic (exact) mass is 410 g/mol. The molecule has 0 atom stereocenters. The molecule has 0 saturated carbocycles. The predicted molar refractivity (Wildman–Crippen MR) is 118 cm³/mol. The molecule has 0 spiro atoms. The number of thioether (sulfide) groups is 1. The number of carbonyl (C=O) groups excluding carboxylic acids is 2. The lowest BCUT2D eigenvalue weighted by Gasteiger charge is -2.18. The van der Waals surface area contributed by atoms with E-state index in [2.05, 4.69) is 21.8 Å². The second-order valence-corrected chi connectivity index (χ2v) is 7.46. The van der Waals surface area contributed by atoms with Crippen LogP contribution >= 0.6 is 11.8 Å². The van der Waals surface area contributed by atoms with Gasteiger partial charge >= 0.3 is 0 Å². The zero-order valence-corrected chi connectivity index (χ0v) is 17.8. The first kappa shape index (κ1) is 20.9. The maximum atomic E-state index is 12.4. The first-order valence-corrected chi connectivity index (χ1v) is 10.8. The van der Waals surface area contributed by atoms with Crippen LogP contribution < -0.4 is 5.32 Å². The largest absolute Gasteiger partial charge is 0.339 e. The maximum Gasteiger partial charge on any atom is 0.253 e. The molecular formula is C22H26N4O2S. The summed E-state index contributed by atoms with van der Waals surface area (Å²) in [6, 6.07) is 15.0. The first-order chi connectivity index (χ1) is 14.1. The number of fused-ring (bicyclic) bond motifs is 1. The van der Waals surface area contributed by atoms with Crippen molar-refractivity contribution in [1.29, 1.82) is 0 Å². The number of hydrogen-bond donors (Lipinski definition) is 1. The highest BCUT2D eigenvalue weighted by molar-refractivity contribution is 7.99. The van der Waals surface area contributed by atoms with Gasteiger partial charge in [-0.2, -0.15) is 0 Å². The summed E-state index contributed by atoms with van der Waals surface area (Å²) in [6.45, 7) is 8.13. The molecule has 0 fully saturated rings. The van der Waals surface area contributed by atoms with E-state index in [1.165, 1.54) is 11.8 Å². The minimum Gasteiger partial charge on any atom is -0.339 e. The van der Waals surface area contributed by atoms with Crippen LogP contribution in [0.1, 0.15) is 31.1 Å². The lowest BCUT2D eigenvalue weighted by atomic mass is 10.2. The summed E-state index contributed by atoms with van der Waals surface area (Å²) >= 11 is 1.42. The van der Waals surface area contributed by atoms with Gasteiger partial charge in [0.1, 0.15) is 0 Å². The average Bonchev–Trinajstić information content (AvgIpc) is 3.11. The molecule has 152 valence electrons. The quantitative estimate of drug-likeness (QED) is 0.563. The summed E-state index contributed by atoms with van der Waals surface area (Å²) in [7, 11) is 0. The summed E-state index contributed by atoms with van der Waals surface area (Å²) in [4.78, 5) is 31.1. The second-order valence-electron chi connectivity index (χ2n) is 6.52. The standard InChI is InChI=1S/C22H26N4O2S/c1-4-25(5-2)21(28)16-11-13-17(14-12-16)23-20(27)15-29-22-24-18-9-7-8-10-19(18)26(22)6-3/h7-14H,4-6,15H2,1-3H3,(H,23,27). The van der Waals surface area contributed by atoms with E-state index in [1.54, 1.807) is 29.2 Å². The van der Waals surface area contributed by atoms with Crippen LogP contribution in [0.25, 0.3) is 11.0 Å². The Bertz CT molecular complexity index is 994. The van der Waals surface area contributed by atoms with Crippen LogP contribution in [0.15, 0.2) is 53.7 Å². The Morgan fingerprint density at radius 3 is 2.38 bits per heavy atom. The fraction of sp³-hybridized carbons (Fsp3) is 0.318. The van der Waals surface area contributed by atoms with Gasteiger partial charge in [-0.15, -0.1) is 0 Å². The Morgan fingerprint density at radius 1 is 1.03 bits per heavy atom. The minimum atomic E-state index is -0.104. The fourth-order valence-electron chi connectivity index (χ4n) is 3.19. The Balaban J connectivity index is 1.61. The summed E-state index contributed by atoms with van der Waals surface area (Å²) in [5.41, 5.74) is 3.31. The second kappa shape index (κ2) is 9.60. The van der Waals surface area contributed by atoms with Gasteiger partial charge in [0.25, 0.3) is 5.91 Å². The van der Waals surface area contributed by atoms with Crippen molar-refractivity contribution < 1.29 is 9.59 Å². The molecule has 0 saturated heterocycles. The number of hydrogen-bond acceptors (Lipinski definition) is 4. The van der Waals surface area contributed by atoms with Gasteiger partial charge < -0.3 is 14.8 Å². The van der Waals surface area contributed by atoms with Gasteiger partial charge in [0.05, 0.1) is 16.8 Å². The minimum absolute atomic E-state index is 0.00176. The molecule has 6 nitrogen and oxygen atoms in total. The molecule has 3 aromatic rings. The van der Waals surface area contributed by atoms with E-state index in [-0.39, 0.29) is 17.6 Å². The topological polar surface area (TPSA) is 67.2 Å². The van der Waals surface area contributed by atoms with Crippen LogP contribution in [0.4, 0.5) is 5.69 Å². The number of nitrogens with one attached hydrogen (secondary N) is 1. The van der Waals surface area contributed by atoms with Crippen LogP contribution in [-0.2, 0) is 11.3 Å². The van der Waals surface area contributed by atoms with Gasteiger partial charge in [-0.25, -0.2) is 4.98 Å². The molecule has 0 bridgehead atoms. The highest BCUT2D eigenvalue weighted by Gasteiger charge is 2.14. The van der Waals surface area contributed by atoms with E-state index in [1.807, 2.05) is 38.1 Å². The van der Waals surface area contributed by atoms with E-state index in [9.17, 15) is 9.59 Å². The molecule has 7 heteroatoms. The number of amides is 2. The first-order valence-electron chi connectivity index (χ1n) is 9.84. The molecule has 1 heterocycles. The van der Waals surface area contributed by atoms with Crippen molar-refractivity contribution in [2.75, 3.05) is 24.2 Å². The SMILES string of the molecule is CCN(CC)C(=O)c1ccc(NC(=O)CSc2nc3ccccc3n2CC)cc1. The zero-order chi connectivity index (χ0) is 20.8. The Hall–Kier alpha value is -2.80. The average molecular weight is 411 g/mol. The van der Waals surface area contributed by atoms with Crippen molar-refractivity contribution in [2.24, 2.45) is 0 Å². The van der Waals surface area contributed by atoms with E-state index in [0.717, 1.165) is 22.7 Å². The van der Waals surface area contributed by atoms with Crippen LogP contribution in [0.2, 0.25) is 0 Å². The van der Waals surface area contributed by atoms with Gasteiger partial charge in [0.15, 0.2) is 5.16 Å². The molecule has 1 aromatic heterocycles. The number of para-hydroxylation sites is 2. The van der Waals surface area contributed by atoms with Crippen LogP contribution in [0.5, 0.6) is 0 Å². The molecule has 2 aromatic carbocycles. The Labute approximate surface area is 175 Å². The van der Waals surface area contributed by atoms with Crippen LogP contribution in [-0.4, -0.2) is 45.1 Å². The highest BCUT2D eigenvalue weighted by Crippen LogP contribution is 2.24. The van der Waals surface area contributed by atoms with Gasteiger partial charge in [0, 0.05) is 30.9 Å². The van der Waals surface area contributed by atoms with Crippen LogP contribution in [0.3, 0.4) is 0 Å². The van der Waals surface area contributed by atoms with Gasteiger partial charge in [-0.05, 0) is 57.2 Å². The molecule has 0 aliphatic heterocycles. The number of aryl methyl sites for hydroxylation is 1. The normalized spacial score (nSPS) is 10.9. The van der Waals surface area contributed by atoms with Crippen molar-refractivity contribution in [3.8, 4) is 0 Å². The van der Waals surface area contributed by atoms with Crippen molar-refractivity contribution in [2.45, 2.75) is 32.5 Å². The number of carbonyl (C=O) groups is 2. The number of rotatable bonds is 8. The fourth-order valence-corrected chi connectivity index (χ4v) is 4.06. The molecular weight excluding hydrogens is 384 g/mol. The Morgan fingerprint density at radius 2 is 1.72 bits per heavy atom. The van der Waals surface area contributed by atoms with Crippen molar-refractivity contribution in [1.82, 2.24) is 14.5 Å². The molecule has 2 amide bonds. The summed E-state index contributed by atoms with van der Waals surface area (Å²) in [6.07, 6.45) is 0. The molecule has 0 radical (unpaired) electrons. The van der Waals surface area contributed by atoms with Crippen molar-refractivity contribution in [3.63, 3.8) is 0 Å². The molecule has 3 rings (SSSR count). The van der Waals surface area contributed by atoms with Gasteiger partial charge in [-0.3, -0.25) is 9.59 Å². The van der Waals surface area contributed by atoms with Crippen molar-refractivity contribution >= 4 is 40.3 Å². The summed E-state index contributed by atoms with van der Waals surface area (Å²) in [5, 5.41) is 3.72. The molecule has 0 aliphatic rings. The van der Waals surface area contributed by atoms with E-state index >= 15 is 0 Å². The molecule has 1 N–H and O–H groups in total. The van der Waals surface area contributed by atoms with Crippen LogP contribution in [0, 0.1) is 0 Å². The summed E-state index contributed by atoms with van der Waals surface area (Å²) in [5.74, 6) is 0.165. The third-order valence-corrected chi connectivity index (χ3v) is 5.71. The molecule has 29 heavy (non-hydrogen) atoms. The smallest absolute Gasteiger partial charge is 0.253 e. The number of anilines is 1. The highest BCUT2D eigenvalue weighted by atomic mass is 32.2. The van der Waals surface area contributed by atoms with E-state index < -0.39 is 0 Å². The number of aromatic nitrogens is 2. The van der Waals surface area contributed by atoms with E-state index in [0.29, 0.717) is 24.3 Å². The maximum absolute atomic E-state index is 12.4. The number of nitrogens with zero attached hydrogens (tertiary/aromatic N) is 3. The predicted octanol–water partition coefficient (Wildman–Crippen LogP) is 4.27. The van der Waals surface area contributed by atoms with Gasteiger partial charge in [-0.1, -0.05) is 23.9 Å². The molecule has 0 unspecified atom stereocenters. The Kier molecular flexibility index (Phi) is 6.93. The lowest BCUT2D eigenvalue weighted by Crippen LogP contribution is -2.30. The zero-order valence-electron chi connectivity index (χ0n) is 17.0. The number of imidazole rings is 1. The van der Waals surface area contributed by atoms with Crippen molar-refractivity contribution in [3.05, 3.63) is 54.1 Å².